The minimum atomic E-state index is 0. The first kappa shape index (κ1) is 13.5. The summed E-state index contributed by atoms with van der Waals surface area (Å²) in [5, 5.41) is 3.50. The second-order valence-corrected chi connectivity index (χ2v) is 3.93. The van der Waals surface area contributed by atoms with Crippen LogP contribution in [0.15, 0.2) is 0 Å². The average molecular weight is 228 g/mol. The number of hydrogen-bond donors (Lipinski definition) is 1. The molecular weight excluding hydrogens is 205 g/mol. The van der Waals surface area contributed by atoms with Gasteiger partial charge in [-0.15, -0.1) is 0 Å². The molecule has 0 aromatic carbocycles. The van der Waals surface area contributed by atoms with Crippen molar-refractivity contribution < 1.29 is 16.8 Å². The molecule has 0 aliphatic carbocycles. The summed E-state index contributed by atoms with van der Waals surface area (Å²) in [6.07, 6.45) is 13.0. The largest absolute Gasteiger partial charge is 0.317 e. The molecule has 1 heterocycles. The van der Waals surface area contributed by atoms with Crippen LogP contribution in [0.2, 0.25) is 0 Å². The van der Waals surface area contributed by atoms with E-state index >= 15 is 0 Å². The summed E-state index contributed by atoms with van der Waals surface area (Å²) in [6.45, 7) is 2.50. The normalized spacial score (nSPS) is 22.2. The van der Waals surface area contributed by atoms with Crippen molar-refractivity contribution in [2.45, 2.75) is 57.8 Å². The van der Waals surface area contributed by atoms with E-state index in [0.717, 1.165) is 0 Å². The monoisotopic (exact) mass is 228 g/mol. The van der Waals surface area contributed by atoms with Gasteiger partial charge in [0.25, 0.3) is 0 Å². The van der Waals surface area contributed by atoms with Crippen molar-refractivity contribution in [3.63, 3.8) is 0 Å². The number of nitrogens with one attached hydrogen (secondary N) is 1. The molecular formula is C11H23CoN. The van der Waals surface area contributed by atoms with Crippen molar-refractivity contribution in [2.75, 3.05) is 13.1 Å². The molecule has 81 valence electrons. The van der Waals surface area contributed by atoms with Gasteiger partial charge in [-0.1, -0.05) is 44.9 Å². The van der Waals surface area contributed by atoms with Crippen molar-refractivity contribution in [1.29, 1.82) is 0 Å². The quantitative estimate of drug-likeness (QED) is 0.671. The van der Waals surface area contributed by atoms with Gasteiger partial charge in [0.05, 0.1) is 0 Å². The van der Waals surface area contributed by atoms with Gasteiger partial charge in [0.2, 0.25) is 0 Å². The van der Waals surface area contributed by atoms with Crippen LogP contribution >= 0.6 is 0 Å². The molecule has 0 amide bonds. The number of rotatable bonds is 0. The maximum Gasteiger partial charge on any atom is 0 e. The second kappa shape index (κ2) is 10.5. The maximum atomic E-state index is 3.50. The third kappa shape index (κ3) is 8.79. The smallest absolute Gasteiger partial charge is 0 e. The fourth-order valence-corrected chi connectivity index (χ4v) is 1.86. The molecule has 1 rings (SSSR count). The van der Waals surface area contributed by atoms with Crippen LogP contribution in [0.25, 0.3) is 0 Å². The summed E-state index contributed by atoms with van der Waals surface area (Å²) in [7, 11) is 0. The van der Waals surface area contributed by atoms with Crippen LogP contribution < -0.4 is 5.32 Å². The third-order valence-electron chi connectivity index (χ3n) is 2.71. The van der Waals surface area contributed by atoms with Gasteiger partial charge in [-0.3, -0.25) is 0 Å². The summed E-state index contributed by atoms with van der Waals surface area (Å²) in [4.78, 5) is 0. The molecule has 0 atom stereocenters. The summed E-state index contributed by atoms with van der Waals surface area (Å²) in [5.41, 5.74) is 0. The first-order valence-corrected chi connectivity index (χ1v) is 5.71. The molecule has 0 spiro atoms. The van der Waals surface area contributed by atoms with Crippen LogP contribution in [-0.4, -0.2) is 13.1 Å². The fraction of sp³-hybridized carbons (Fsp3) is 1.00. The van der Waals surface area contributed by atoms with E-state index in [9.17, 15) is 0 Å². The van der Waals surface area contributed by atoms with E-state index in [-0.39, 0.29) is 16.8 Å². The van der Waals surface area contributed by atoms with E-state index in [0.29, 0.717) is 0 Å². The standard InChI is InChI=1S/C11H23N.Co/c1-2-4-6-8-10-12-11-9-7-5-3-1;/h12H,1-11H2;. The molecule has 2 heteroatoms. The van der Waals surface area contributed by atoms with E-state index in [4.69, 9.17) is 0 Å². The van der Waals surface area contributed by atoms with Gasteiger partial charge in [0.15, 0.2) is 0 Å². The summed E-state index contributed by atoms with van der Waals surface area (Å²) in [5.74, 6) is 0. The Balaban J connectivity index is 0.00000144. The summed E-state index contributed by atoms with van der Waals surface area (Å²) >= 11 is 0. The van der Waals surface area contributed by atoms with E-state index in [2.05, 4.69) is 5.32 Å². The van der Waals surface area contributed by atoms with Crippen LogP contribution in [0.3, 0.4) is 0 Å². The Morgan fingerprint density at radius 1 is 0.462 bits per heavy atom. The Bertz CT molecular complexity index is 53.1. The molecule has 0 bridgehead atoms. The summed E-state index contributed by atoms with van der Waals surface area (Å²) < 4.78 is 0. The molecule has 1 saturated heterocycles. The molecule has 0 unspecified atom stereocenters. The SMILES string of the molecule is C1CCCCCNCCCCC1.[Co]. The first-order chi connectivity index (χ1) is 6.00. The Kier molecular flexibility index (Phi) is 10.9. The molecule has 1 radical (unpaired) electrons. The van der Waals surface area contributed by atoms with Crippen LogP contribution in [0.4, 0.5) is 0 Å². The fourth-order valence-electron chi connectivity index (χ4n) is 1.86. The minimum Gasteiger partial charge on any atom is -0.317 e. The molecule has 1 nitrogen and oxygen atoms in total. The first-order valence-electron chi connectivity index (χ1n) is 5.71. The van der Waals surface area contributed by atoms with Gasteiger partial charge in [0.1, 0.15) is 0 Å². The predicted molar refractivity (Wildman–Crippen MR) is 54.4 cm³/mol. The maximum absolute atomic E-state index is 3.50. The minimum absolute atomic E-state index is 0. The predicted octanol–water partition coefficient (Wildman–Crippen LogP) is 3.10. The Morgan fingerprint density at radius 2 is 0.769 bits per heavy atom. The van der Waals surface area contributed by atoms with Crippen molar-refractivity contribution >= 4 is 0 Å². The van der Waals surface area contributed by atoms with Crippen LogP contribution in [0.5, 0.6) is 0 Å². The van der Waals surface area contributed by atoms with Crippen LogP contribution in [0, 0.1) is 0 Å². The zero-order valence-electron chi connectivity index (χ0n) is 8.61. The Labute approximate surface area is 93.3 Å². The van der Waals surface area contributed by atoms with Gasteiger partial charge >= 0.3 is 0 Å². The molecule has 0 aromatic heterocycles. The molecule has 1 aliphatic heterocycles. The average Bonchev–Trinajstić information content (AvgIpc) is 2.05. The third-order valence-corrected chi connectivity index (χ3v) is 2.71. The van der Waals surface area contributed by atoms with Gasteiger partial charge in [-0.25, -0.2) is 0 Å². The van der Waals surface area contributed by atoms with Crippen LogP contribution in [-0.2, 0) is 16.8 Å². The van der Waals surface area contributed by atoms with Crippen molar-refractivity contribution in [1.82, 2.24) is 5.32 Å². The van der Waals surface area contributed by atoms with Crippen molar-refractivity contribution in [3.8, 4) is 0 Å². The van der Waals surface area contributed by atoms with Crippen LogP contribution in [0.1, 0.15) is 57.8 Å². The molecule has 1 N–H and O–H groups in total. The topological polar surface area (TPSA) is 12.0 Å². The zero-order valence-corrected chi connectivity index (χ0v) is 9.65. The van der Waals surface area contributed by atoms with E-state index in [1.54, 1.807) is 0 Å². The molecule has 1 fully saturated rings. The Morgan fingerprint density at radius 3 is 1.15 bits per heavy atom. The van der Waals surface area contributed by atoms with Gasteiger partial charge in [-0.05, 0) is 25.9 Å². The second-order valence-electron chi connectivity index (χ2n) is 3.93. The zero-order chi connectivity index (χ0) is 8.49. The van der Waals surface area contributed by atoms with E-state index < -0.39 is 0 Å². The van der Waals surface area contributed by atoms with E-state index in [1.807, 2.05) is 0 Å². The molecule has 0 aromatic rings. The Hall–Kier alpha value is 0.466. The van der Waals surface area contributed by atoms with Gasteiger partial charge in [-0.2, -0.15) is 0 Å². The van der Waals surface area contributed by atoms with Crippen molar-refractivity contribution in [3.05, 3.63) is 0 Å². The van der Waals surface area contributed by atoms with Gasteiger partial charge < -0.3 is 5.32 Å². The molecule has 0 saturated carbocycles. The molecule has 13 heavy (non-hydrogen) atoms. The van der Waals surface area contributed by atoms with Crippen molar-refractivity contribution in [2.24, 2.45) is 0 Å². The number of hydrogen-bond acceptors (Lipinski definition) is 1. The summed E-state index contributed by atoms with van der Waals surface area (Å²) in [6, 6.07) is 0. The van der Waals surface area contributed by atoms with E-state index in [1.165, 1.54) is 70.9 Å². The van der Waals surface area contributed by atoms with Gasteiger partial charge in [0, 0.05) is 16.8 Å². The molecule has 1 aliphatic rings.